The Morgan fingerprint density at radius 3 is 2.79 bits per heavy atom. The molecule has 2 fully saturated rings. The van der Waals surface area contributed by atoms with E-state index in [1.165, 1.54) is 18.5 Å². The standard InChI is InChI=1S/C24H20F5N5O4/c25-17-2-1-12(20(26)21(17)27)7-31-22(35)18-6-19(16(9-30-18)13-8-32-34(10-13)23(28)29)38-15-3-4-33-14(5-15)11-37-24(33)36/h1-2,6,8-10,14-15,23H,3-5,7,11H2,(H,31,35)/t14-,15-/m0/s1. The van der Waals surface area contributed by atoms with Crippen molar-refractivity contribution >= 4 is 12.0 Å². The Labute approximate surface area is 212 Å². The van der Waals surface area contributed by atoms with Crippen molar-refractivity contribution in [3.8, 4) is 16.9 Å². The number of piperidine rings is 1. The van der Waals surface area contributed by atoms with E-state index in [0.717, 1.165) is 18.3 Å². The van der Waals surface area contributed by atoms with E-state index in [1.54, 1.807) is 4.90 Å². The van der Waals surface area contributed by atoms with E-state index in [1.807, 2.05) is 0 Å². The smallest absolute Gasteiger partial charge is 0.410 e. The van der Waals surface area contributed by atoms with E-state index < -0.39 is 42.5 Å². The third-order valence-corrected chi connectivity index (χ3v) is 6.36. The van der Waals surface area contributed by atoms with E-state index in [0.29, 0.717) is 29.6 Å². The molecule has 14 heteroatoms. The molecule has 4 heterocycles. The van der Waals surface area contributed by atoms with Gasteiger partial charge in [0.05, 0.1) is 12.2 Å². The molecule has 2 atom stereocenters. The molecular weight excluding hydrogens is 517 g/mol. The molecule has 0 saturated carbocycles. The zero-order valence-corrected chi connectivity index (χ0v) is 19.5. The average molecular weight is 537 g/mol. The highest BCUT2D eigenvalue weighted by Crippen LogP contribution is 2.34. The summed E-state index contributed by atoms with van der Waals surface area (Å²) >= 11 is 0. The Morgan fingerprint density at radius 1 is 1.21 bits per heavy atom. The van der Waals surface area contributed by atoms with Crippen LogP contribution in [0.5, 0.6) is 5.75 Å². The van der Waals surface area contributed by atoms with Crippen molar-refractivity contribution in [2.45, 2.75) is 38.1 Å². The molecule has 2 amide bonds. The summed E-state index contributed by atoms with van der Waals surface area (Å²) in [6.45, 7) is -2.70. The van der Waals surface area contributed by atoms with Gasteiger partial charge in [0.15, 0.2) is 17.5 Å². The number of halogens is 5. The fraction of sp³-hybridized carbons (Fsp3) is 0.333. The van der Waals surface area contributed by atoms with Gasteiger partial charge >= 0.3 is 12.6 Å². The maximum Gasteiger partial charge on any atom is 0.410 e. The molecule has 38 heavy (non-hydrogen) atoms. The molecule has 9 nitrogen and oxygen atoms in total. The van der Waals surface area contributed by atoms with Gasteiger partial charge in [-0.15, -0.1) is 0 Å². The first-order chi connectivity index (χ1) is 18.2. The summed E-state index contributed by atoms with van der Waals surface area (Å²) in [4.78, 5) is 30.2. The Morgan fingerprint density at radius 2 is 2.03 bits per heavy atom. The molecule has 0 spiro atoms. The van der Waals surface area contributed by atoms with Crippen LogP contribution in [0.3, 0.4) is 0 Å². The third kappa shape index (κ3) is 4.97. The van der Waals surface area contributed by atoms with Crippen molar-refractivity contribution in [1.29, 1.82) is 0 Å². The molecule has 2 aromatic heterocycles. The van der Waals surface area contributed by atoms with Crippen LogP contribution in [-0.2, 0) is 11.3 Å². The lowest BCUT2D eigenvalue weighted by Gasteiger charge is -2.32. The lowest BCUT2D eigenvalue weighted by Crippen LogP contribution is -2.44. The van der Waals surface area contributed by atoms with Crippen molar-refractivity contribution < 1.29 is 41.0 Å². The summed E-state index contributed by atoms with van der Waals surface area (Å²) in [5, 5.41) is 6.01. The molecule has 1 aromatic carbocycles. The summed E-state index contributed by atoms with van der Waals surface area (Å²) in [6.07, 6.45) is 3.69. The second-order valence-electron chi connectivity index (χ2n) is 8.76. The number of carbonyl (C=O) groups is 2. The van der Waals surface area contributed by atoms with E-state index in [-0.39, 0.29) is 41.3 Å². The number of carbonyl (C=O) groups excluding carboxylic acids is 2. The number of benzene rings is 1. The fourth-order valence-corrected chi connectivity index (χ4v) is 4.38. The number of pyridine rings is 1. The third-order valence-electron chi connectivity index (χ3n) is 6.36. The number of rotatable bonds is 7. The maximum atomic E-state index is 14.0. The van der Waals surface area contributed by atoms with Gasteiger partial charge in [-0.25, -0.2) is 22.6 Å². The van der Waals surface area contributed by atoms with Crippen LogP contribution >= 0.6 is 0 Å². The quantitative estimate of drug-likeness (QED) is 0.361. The lowest BCUT2D eigenvalue weighted by molar-refractivity contribution is 0.0566. The van der Waals surface area contributed by atoms with Gasteiger partial charge in [-0.3, -0.25) is 9.78 Å². The number of cyclic esters (lactones) is 1. The van der Waals surface area contributed by atoms with Crippen LogP contribution in [0.15, 0.2) is 36.8 Å². The van der Waals surface area contributed by atoms with Crippen LogP contribution in [-0.4, -0.2) is 57.0 Å². The average Bonchev–Trinajstić information content (AvgIpc) is 3.54. The highest BCUT2D eigenvalue weighted by molar-refractivity contribution is 5.93. The molecule has 2 aliphatic rings. The molecule has 5 rings (SSSR count). The van der Waals surface area contributed by atoms with Crippen LogP contribution in [0.2, 0.25) is 0 Å². The first-order valence-corrected chi connectivity index (χ1v) is 11.5. The first-order valence-electron chi connectivity index (χ1n) is 11.5. The number of ether oxygens (including phenoxy) is 2. The number of hydrogen-bond donors (Lipinski definition) is 1. The summed E-state index contributed by atoms with van der Waals surface area (Å²) < 4.78 is 78.5. The number of aromatic nitrogens is 3. The highest BCUT2D eigenvalue weighted by Gasteiger charge is 2.39. The topological polar surface area (TPSA) is 98.6 Å². The van der Waals surface area contributed by atoms with E-state index in [9.17, 15) is 31.5 Å². The van der Waals surface area contributed by atoms with Crippen LogP contribution in [0.1, 0.15) is 35.4 Å². The Balaban J connectivity index is 1.38. The number of amides is 2. The summed E-state index contributed by atoms with van der Waals surface area (Å²) in [5.74, 6) is -5.04. The normalized spacial score (nSPS) is 18.9. The predicted octanol–water partition coefficient (Wildman–Crippen LogP) is 4.05. The van der Waals surface area contributed by atoms with Gasteiger partial charge in [0.2, 0.25) is 0 Å². The minimum absolute atomic E-state index is 0.148. The van der Waals surface area contributed by atoms with Gasteiger partial charge in [0, 0.05) is 61.1 Å². The number of alkyl halides is 2. The summed E-state index contributed by atoms with van der Waals surface area (Å²) in [7, 11) is 0. The zero-order valence-electron chi connectivity index (χ0n) is 19.5. The van der Waals surface area contributed by atoms with Crippen molar-refractivity contribution in [3.05, 3.63) is 65.5 Å². The number of nitrogens with zero attached hydrogens (tertiary/aromatic N) is 4. The van der Waals surface area contributed by atoms with Crippen LogP contribution < -0.4 is 10.1 Å². The van der Waals surface area contributed by atoms with Crippen LogP contribution in [0.4, 0.5) is 26.7 Å². The van der Waals surface area contributed by atoms with Gasteiger partial charge in [-0.2, -0.15) is 13.9 Å². The molecule has 2 aliphatic heterocycles. The highest BCUT2D eigenvalue weighted by atomic mass is 19.3. The Kier molecular flexibility index (Phi) is 6.87. The van der Waals surface area contributed by atoms with Gasteiger partial charge in [-0.05, 0) is 6.07 Å². The molecular formula is C24H20F5N5O4. The number of fused-ring (bicyclic) bond motifs is 1. The van der Waals surface area contributed by atoms with Gasteiger partial charge < -0.3 is 19.7 Å². The van der Waals surface area contributed by atoms with Crippen molar-refractivity contribution in [1.82, 2.24) is 25.0 Å². The number of hydrogen-bond acceptors (Lipinski definition) is 6. The Bertz CT molecular complexity index is 1380. The van der Waals surface area contributed by atoms with Crippen molar-refractivity contribution in [2.24, 2.45) is 0 Å². The second-order valence-corrected chi connectivity index (χ2v) is 8.76. The zero-order chi connectivity index (χ0) is 27.0. The minimum Gasteiger partial charge on any atom is -0.489 e. The minimum atomic E-state index is -2.87. The molecule has 200 valence electrons. The van der Waals surface area contributed by atoms with E-state index in [4.69, 9.17) is 9.47 Å². The van der Waals surface area contributed by atoms with Crippen molar-refractivity contribution in [3.63, 3.8) is 0 Å². The molecule has 3 aromatic rings. The second kappa shape index (κ2) is 10.3. The van der Waals surface area contributed by atoms with Crippen molar-refractivity contribution in [2.75, 3.05) is 13.2 Å². The van der Waals surface area contributed by atoms with E-state index in [2.05, 4.69) is 15.4 Å². The maximum absolute atomic E-state index is 14.0. The van der Waals surface area contributed by atoms with E-state index >= 15 is 0 Å². The SMILES string of the molecule is O=C(NCc1ccc(F)c(F)c1F)c1cc(O[C@H]2CCN3C(=O)OC[C@@H]3C2)c(-c2cnn(C(F)F)c2)cn1. The molecule has 0 radical (unpaired) electrons. The molecule has 0 aliphatic carbocycles. The first kappa shape index (κ1) is 25.4. The Hall–Kier alpha value is -4.23. The van der Waals surface area contributed by atoms with Gasteiger partial charge in [-0.1, -0.05) is 6.07 Å². The van der Waals surface area contributed by atoms with Gasteiger partial charge in [0.25, 0.3) is 5.91 Å². The molecule has 0 bridgehead atoms. The van der Waals surface area contributed by atoms with Crippen LogP contribution in [0, 0.1) is 17.5 Å². The number of nitrogens with one attached hydrogen (secondary N) is 1. The monoisotopic (exact) mass is 537 g/mol. The summed E-state index contributed by atoms with van der Waals surface area (Å²) in [6, 6.07) is 2.87. The molecule has 2 saturated heterocycles. The molecule has 1 N–H and O–H groups in total. The molecule has 0 unspecified atom stereocenters. The van der Waals surface area contributed by atoms with Gasteiger partial charge in [0.1, 0.15) is 24.2 Å². The predicted molar refractivity (Wildman–Crippen MR) is 120 cm³/mol. The summed E-state index contributed by atoms with van der Waals surface area (Å²) in [5.41, 5.74) is 0.136. The largest absolute Gasteiger partial charge is 0.489 e. The fourth-order valence-electron chi connectivity index (χ4n) is 4.38. The lowest BCUT2D eigenvalue weighted by atomic mass is 10.0. The van der Waals surface area contributed by atoms with Crippen LogP contribution in [0.25, 0.3) is 11.1 Å².